The number of nitrogens with zero attached hydrogens (tertiary/aromatic N) is 2. The average molecular weight is 313 g/mol. The molecule has 2 aromatic rings. The summed E-state index contributed by atoms with van der Waals surface area (Å²) < 4.78 is 4.97. The zero-order valence-electron chi connectivity index (χ0n) is 12.8. The van der Waals surface area contributed by atoms with Crippen LogP contribution in [0.1, 0.15) is 35.2 Å². The Hall–Kier alpha value is -2.63. The van der Waals surface area contributed by atoms with Crippen LogP contribution >= 0.6 is 0 Å². The van der Waals surface area contributed by atoms with Gasteiger partial charge in [0.2, 0.25) is 5.91 Å². The van der Waals surface area contributed by atoms with Gasteiger partial charge in [-0.1, -0.05) is 6.07 Å². The zero-order valence-corrected chi connectivity index (χ0v) is 12.8. The Morgan fingerprint density at radius 1 is 1.35 bits per heavy atom. The molecule has 3 rings (SSSR count). The molecule has 23 heavy (non-hydrogen) atoms. The van der Waals surface area contributed by atoms with Crippen molar-refractivity contribution in [2.75, 3.05) is 6.54 Å². The van der Waals surface area contributed by atoms with E-state index in [2.05, 4.69) is 10.3 Å². The van der Waals surface area contributed by atoms with Crippen molar-refractivity contribution in [2.24, 2.45) is 0 Å². The van der Waals surface area contributed by atoms with Crippen molar-refractivity contribution in [1.82, 2.24) is 15.2 Å². The van der Waals surface area contributed by atoms with Gasteiger partial charge in [0.15, 0.2) is 0 Å². The molecule has 0 radical (unpaired) electrons. The second-order valence-electron chi connectivity index (χ2n) is 5.63. The Balaban J connectivity index is 1.49. The fourth-order valence-electron chi connectivity index (χ4n) is 2.40. The van der Waals surface area contributed by atoms with E-state index in [1.807, 2.05) is 12.1 Å². The number of amides is 2. The molecular weight excluding hydrogens is 294 g/mol. The second-order valence-corrected chi connectivity index (χ2v) is 5.63. The molecule has 6 nitrogen and oxygen atoms in total. The molecule has 0 bridgehead atoms. The van der Waals surface area contributed by atoms with Gasteiger partial charge in [0.05, 0.1) is 11.8 Å². The van der Waals surface area contributed by atoms with Crippen molar-refractivity contribution in [3.63, 3.8) is 0 Å². The molecule has 0 spiro atoms. The third-order valence-corrected chi connectivity index (χ3v) is 3.81. The van der Waals surface area contributed by atoms with Crippen molar-refractivity contribution in [2.45, 2.75) is 31.8 Å². The number of carbonyl (C=O) groups excluding carboxylic acids is 2. The van der Waals surface area contributed by atoms with E-state index in [-0.39, 0.29) is 17.9 Å². The number of hydrogen-bond donors (Lipinski definition) is 1. The Morgan fingerprint density at radius 2 is 2.22 bits per heavy atom. The van der Waals surface area contributed by atoms with Gasteiger partial charge >= 0.3 is 0 Å². The molecule has 1 N–H and O–H groups in total. The maximum Gasteiger partial charge on any atom is 0.257 e. The molecule has 1 aliphatic carbocycles. The first-order chi connectivity index (χ1) is 11.2. The lowest BCUT2D eigenvalue weighted by molar-refractivity contribution is -0.121. The highest BCUT2D eigenvalue weighted by Crippen LogP contribution is 2.28. The number of rotatable bonds is 7. The van der Waals surface area contributed by atoms with E-state index in [9.17, 15) is 9.59 Å². The highest BCUT2D eigenvalue weighted by atomic mass is 16.3. The summed E-state index contributed by atoms with van der Waals surface area (Å²) in [5, 5.41) is 2.85. The first kappa shape index (κ1) is 15.3. The standard InChI is InChI=1S/C17H19N3O3/c21-16(19-11-13-2-1-7-18-10-13)5-8-20(15-3-4-15)17(22)14-6-9-23-12-14/h1-2,6-7,9-10,12,15H,3-5,8,11H2,(H,19,21). The molecule has 2 amide bonds. The molecule has 0 unspecified atom stereocenters. The first-order valence-corrected chi connectivity index (χ1v) is 7.73. The van der Waals surface area contributed by atoms with E-state index in [0.29, 0.717) is 25.1 Å². The van der Waals surface area contributed by atoms with Crippen molar-refractivity contribution in [3.05, 3.63) is 54.2 Å². The summed E-state index contributed by atoms with van der Waals surface area (Å²) in [5.74, 6) is -0.138. The van der Waals surface area contributed by atoms with Crippen LogP contribution in [0, 0.1) is 0 Å². The maximum absolute atomic E-state index is 12.4. The van der Waals surface area contributed by atoms with Gasteiger partial charge in [-0.2, -0.15) is 0 Å². The summed E-state index contributed by atoms with van der Waals surface area (Å²) >= 11 is 0. The predicted octanol–water partition coefficient (Wildman–Crippen LogP) is 1.99. The molecule has 0 atom stereocenters. The molecule has 0 aromatic carbocycles. The summed E-state index contributed by atoms with van der Waals surface area (Å²) in [5.41, 5.74) is 1.49. The van der Waals surface area contributed by atoms with Crippen LogP contribution in [-0.4, -0.2) is 34.3 Å². The number of aromatic nitrogens is 1. The van der Waals surface area contributed by atoms with Crippen LogP contribution in [0.2, 0.25) is 0 Å². The van der Waals surface area contributed by atoms with E-state index in [1.54, 1.807) is 23.4 Å². The highest BCUT2D eigenvalue weighted by molar-refractivity contribution is 5.94. The van der Waals surface area contributed by atoms with Crippen LogP contribution in [0.15, 0.2) is 47.5 Å². The molecule has 0 saturated heterocycles. The predicted molar refractivity (Wildman–Crippen MR) is 83.5 cm³/mol. The SMILES string of the molecule is O=C(CCN(C(=O)c1ccoc1)C1CC1)NCc1cccnc1. The lowest BCUT2D eigenvalue weighted by Crippen LogP contribution is -2.36. The van der Waals surface area contributed by atoms with Gasteiger partial charge in [-0.05, 0) is 30.5 Å². The quantitative estimate of drug-likeness (QED) is 0.848. The normalized spacial score (nSPS) is 13.6. The molecule has 6 heteroatoms. The third kappa shape index (κ3) is 4.18. The maximum atomic E-state index is 12.4. The van der Waals surface area contributed by atoms with Crippen molar-refractivity contribution >= 4 is 11.8 Å². The van der Waals surface area contributed by atoms with E-state index in [4.69, 9.17) is 4.42 Å². The minimum absolute atomic E-state index is 0.0682. The Labute approximate surface area is 134 Å². The van der Waals surface area contributed by atoms with Gasteiger partial charge in [-0.25, -0.2) is 0 Å². The number of furan rings is 1. The summed E-state index contributed by atoms with van der Waals surface area (Å²) in [4.78, 5) is 30.2. The van der Waals surface area contributed by atoms with Gasteiger partial charge in [-0.3, -0.25) is 14.6 Å². The molecule has 1 aliphatic rings. The van der Waals surface area contributed by atoms with E-state index in [1.165, 1.54) is 12.5 Å². The smallest absolute Gasteiger partial charge is 0.257 e. The third-order valence-electron chi connectivity index (χ3n) is 3.81. The zero-order chi connectivity index (χ0) is 16.1. The molecule has 1 saturated carbocycles. The van der Waals surface area contributed by atoms with E-state index in [0.717, 1.165) is 18.4 Å². The minimum atomic E-state index is -0.0699. The van der Waals surface area contributed by atoms with Crippen molar-refractivity contribution in [3.8, 4) is 0 Å². The fourth-order valence-corrected chi connectivity index (χ4v) is 2.40. The van der Waals surface area contributed by atoms with Crippen LogP contribution in [0.4, 0.5) is 0 Å². The van der Waals surface area contributed by atoms with Gasteiger partial charge in [0.25, 0.3) is 5.91 Å². The Bertz CT molecular complexity index is 651. The summed E-state index contributed by atoms with van der Waals surface area (Å²) in [6.07, 6.45) is 8.64. The largest absolute Gasteiger partial charge is 0.472 e. The fraction of sp³-hybridized carbons (Fsp3) is 0.353. The lowest BCUT2D eigenvalue weighted by Gasteiger charge is -2.21. The summed E-state index contributed by atoms with van der Waals surface area (Å²) in [7, 11) is 0. The van der Waals surface area contributed by atoms with Crippen molar-refractivity contribution in [1.29, 1.82) is 0 Å². The van der Waals surface area contributed by atoms with Crippen LogP contribution in [0.25, 0.3) is 0 Å². The monoisotopic (exact) mass is 313 g/mol. The van der Waals surface area contributed by atoms with Crippen LogP contribution < -0.4 is 5.32 Å². The molecule has 120 valence electrons. The lowest BCUT2D eigenvalue weighted by atomic mass is 10.2. The molecule has 1 fully saturated rings. The van der Waals surface area contributed by atoms with Gasteiger partial charge in [-0.15, -0.1) is 0 Å². The van der Waals surface area contributed by atoms with Crippen LogP contribution in [0.5, 0.6) is 0 Å². The molecular formula is C17H19N3O3. The molecule has 2 heterocycles. The highest BCUT2D eigenvalue weighted by Gasteiger charge is 2.33. The topological polar surface area (TPSA) is 75.4 Å². The van der Waals surface area contributed by atoms with Gasteiger partial charge in [0.1, 0.15) is 6.26 Å². The molecule has 2 aromatic heterocycles. The number of carbonyl (C=O) groups is 2. The number of hydrogen-bond acceptors (Lipinski definition) is 4. The second kappa shape index (κ2) is 7.09. The Kier molecular flexibility index (Phi) is 4.71. The van der Waals surface area contributed by atoms with Gasteiger partial charge < -0.3 is 14.6 Å². The van der Waals surface area contributed by atoms with Crippen molar-refractivity contribution < 1.29 is 14.0 Å². The average Bonchev–Trinajstić information content (AvgIpc) is 3.26. The van der Waals surface area contributed by atoms with Crippen LogP contribution in [-0.2, 0) is 11.3 Å². The molecule has 0 aliphatic heterocycles. The van der Waals surface area contributed by atoms with E-state index < -0.39 is 0 Å². The summed E-state index contributed by atoms with van der Waals surface area (Å²) in [6, 6.07) is 5.65. The minimum Gasteiger partial charge on any atom is -0.472 e. The Morgan fingerprint density at radius 3 is 2.87 bits per heavy atom. The van der Waals surface area contributed by atoms with E-state index >= 15 is 0 Å². The van der Waals surface area contributed by atoms with Crippen LogP contribution in [0.3, 0.4) is 0 Å². The summed E-state index contributed by atoms with van der Waals surface area (Å²) in [6.45, 7) is 0.874. The first-order valence-electron chi connectivity index (χ1n) is 7.73. The van der Waals surface area contributed by atoms with Gasteiger partial charge in [0, 0.05) is 37.9 Å². The number of pyridine rings is 1. The number of nitrogens with one attached hydrogen (secondary N) is 1.